The van der Waals surface area contributed by atoms with Crippen molar-refractivity contribution in [3.8, 4) is 17.6 Å². The molecule has 1 unspecified atom stereocenters. The third-order valence-electron chi connectivity index (χ3n) is 6.74. The summed E-state index contributed by atoms with van der Waals surface area (Å²) in [6.07, 6.45) is 4.60. The molecule has 0 amide bonds. The SMILES string of the molecule is COc1ccc2ncc(Cl)c(C(F)CCC3(C(=O)O)CCN(CC#Cc4ccncc4)CC3)c2c1. The van der Waals surface area contributed by atoms with Crippen molar-refractivity contribution in [3.05, 3.63) is 65.1 Å². The molecule has 1 aliphatic rings. The Morgan fingerprint density at radius 1 is 1.29 bits per heavy atom. The van der Waals surface area contributed by atoms with Gasteiger partial charge in [0.15, 0.2) is 0 Å². The second kappa shape index (κ2) is 11.0. The number of aliphatic carboxylic acids is 1. The summed E-state index contributed by atoms with van der Waals surface area (Å²) in [5.41, 5.74) is 0.875. The Morgan fingerprint density at radius 2 is 2.03 bits per heavy atom. The van der Waals surface area contributed by atoms with Gasteiger partial charge in [0.05, 0.1) is 29.6 Å². The molecule has 0 saturated carbocycles. The van der Waals surface area contributed by atoms with E-state index in [0.29, 0.717) is 54.7 Å². The van der Waals surface area contributed by atoms with Gasteiger partial charge in [0.2, 0.25) is 0 Å². The van der Waals surface area contributed by atoms with Gasteiger partial charge in [0.1, 0.15) is 11.9 Å². The molecule has 8 heteroatoms. The molecule has 6 nitrogen and oxygen atoms in total. The molecule has 1 aromatic carbocycles. The largest absolute Gasteiger partial charge is 0.497 e. The summed E-state index contributed by atoms with van der Waals surface area (Å²) in [6.45, 7) is 1.76. The summed E-state index contributed by atoms with van der Waals surface area (Å²) >= 11 is 6.34. The topological polar surface area (TPSA) is 75.6 Å². The zero-order valence-electron chi connectivity index (χ0n) is 19.5. The van der Waals surface area contributed by atoms with Gasteiger partial charge in [-0.2, -0.15) is 0 Å². The van der Waals surface area contributed by atoms with Gasteiger partial charge in [-0.05, 0) is 56.0 Å². The summed E-state index contributed by atoms with van der Waals surface area (Å²) < 4.78 is 20.8. The first-order chi connectivity index (χ1) is 16.9. The van der Waals surface area contributed by atoms with Crippen LogP contribution in [0.4, 0.5) is 4.39 Å². The van der Waals surface area contributed by atoms with Crippen LogP contribution in [0, 0.1) is 17.3 Å². The second-order valence-corrected chi connectivity index (χ2v) is 9.22. The van der Waals surface area contributed by atoms with Gasteiger partial charge in [-0.25, -0.2) is 4.39 Å². The van der Waals surface area contributed by atoms with Crippen LogP contribution in [0.25, 0.3) is 10.9 Å². The number of benzene rings is 1. The summed E-state index contributed by atoms with van der Waals surface area (Å²) in [5.74, 6) is 5.94. The standard InChI is InChI=1S/C27H27ClFN3O3/c1-35-20-4-5-24-21(17-20)25(22(28)18-31-24)23(29)6-9-27(26(33)34)10-15-32(16-11-27)14-2-3-19-7-12-30-13-8-19/h4-5,7-8,12-13,17-18,23H,6,9-11,14-16H2,1H3,(H,33,34). The summed E-state index contributed by atoms with van der Waals surface area (Å²) in [6, 6.07) is 8.93. The zero-order valence-corrected chi connectivity index (χ0v) is 20.3. The van der Waals surface area contributed by atoms with Crippen LogP contribution in [-0.4, -0.2) is 52.7 Å². The lowest BCUT2D eigenvalue weighted by Crippen LogP contribution is -2.44. The van der Waals surface area contributed by atoms with Gasteiger partial charge in [-0.15, -0.1) is 0 Å². The maximum absolute atomic E-state index is 15.6. The highest BCUT2D eigenvalue weighted by molar-refractivity contribution is 6.32. The van der Waals surface area contributed by atoms with E-state index >= 15 is 4.39 Å². The molecule has 1 fully saturated rings. The molecular weight excluding hydrogens is 469 g/mol. The van der Waals surface area contributed by atoms with Gasteiger partial charge in [0, 0.05) is 48.2 Å². The quantitative estimate of drug-likeness (QED) is 0.448. The molecule has 0 spiro atoms. The number of carbonyl (C=O) groups is 1. The van der Waals surface area contributed by atoms with Gasteiger partial charge in [0.25, 0.3) is 0 Å². The molecule has 35 heavy (non-hydrogen) atoms. The Balaban J connectivity index is 1.42. The average molecular weight is 496 g/mol. The number of methoxy groups -OCH3 is 1. The maximum atomic E-state index is 15.6. The number of rotatable bonds is 7. The molecule has 3 aromatic rings. The number of ether oxygens (including phenoxy) is 1. The highest BCUT2D eigenvalue weighted by Crippen LogP contribution is 2.42. The highest BCUT2D eigenvalue weighted by atomic mass is 35.5. The Morgan fingerprint density at radius 3 is 2.71 bits per heavy atom. The Kier molecular flexibility index (Phi) is 7.84. The third-order valence-corrected chi connectivity index (χ3v) is 7.04. The first-order valence-electron chi connectivity index (χ1n) is 11.5. The number of pyridine rings is 2. The van der Waals surface area contributed by atoms with Gasteiger partial charge < -0.3 is 9.84 Å². The van der Waals surface area contributed by atoms with Crippen LogP contribution in [-0.2, 0) is 4.79 Å². The van der Waals surface area contributed by atoms with E-state index in [1.807, 2.05) is 12.1 Å². The monoisotopic (exact) mass is 495 g/mol. The van der Waals surface area contributed by atoms with Crippen LogP contribution >= 0.6 is 11.6 Å². The van der Waals surface area contributed by atoms with E-state index in [1.165, 1.54) is 6.20 Å². The van der Waals surface area contributed by atoms with E-state index < -0.39 is 17.6 Å². The smallest absolute Gasteiger partial charge is 0.309 e. The first kappa shape index (κ1) is 24.9. The molecule has 2 aromatic heterocycles. The molecule has 4 rings (SSSR count). The number of likely N-dealkylation sites (tertiary alicyclic amines) is 1. The zero-order chi connectivity index (χ0) is 24.8. The van der Waals surface area contributed by atoms with Crippen LogP contribution in [0.15, 0.2) is 48.9 Å². The molecular formula is C27H27ClFN3O3. The Labute approximate surface area is 209 Å². The minimum absolute atomic E-state index is 0.0597. The van der Waals surface area contributed by atoms with Gasteiger partial charge in [-0.1, -0.05) is 23.4 Å². The number of halogens is 2. The molecule has 1 atom stereocenters. The number of piperidine rings is 1. The number of hydrogen-bond donors (Lipinski definition) is 1. The number of hydrogen-bond acceptors (Lipinski definition) is 5. The number of carboxylic acids is 1. The van der Waals surface area contributed by atoms with Crippen molar-refractivity contribution in [1.29, 1.82) is 0 Å². The predicted octanol–water partition coefficient (Wildman–Crippen LogP) is 5.30. The van der Waals surface area contributed by atoms with Crippen molar-refractivity contribution in [3.63, 3.8) is 0 Å². The molecule has 0 aliphatic carbocycles. The lowest BCUT2D eigenvalue weighted by Gasteiger charge is -2.38. The number of aromatic nitrogens is 2. The summed E-state index contributed by atoms with van der Waals surface area (Å²) in [4.78, 5) is 22.7. The molecule has 1 aliphatic heterocycles. The van der Waals surface area contributed by atoms with Crippen molar-refractivity contribution in [2.24, 2.45) is 5.41 Å². The van der Waals surface area contributed by atoms with E-state index in [2.05, 4.69) is 26.7 Å². The molecule has 3 heterocycles. The highest BCUT2D eigenvalue weighted by Gasteiger charge is 2.41. The van der Waals surface area contributed by atoms with E-state index in [1.54, 1.807) is 37.7 Å². The van der Waals surface area contributed by atoms with Crippen molar-refractivity contribution < 1.29 is 19.0 Å². The minimum atomic E-state index is -1.42. The first-order valence-corrected chi connectivity index (χ1v) is 11.9. The molecule has 0 bridgehead atoms. The fourth-order valence-electron chi connectivity index (χ4n) is 4.56. The fourth-order valence-corrected chi connectivity index (χ4v) is 4.83. The third kappa shape index (κ3) is 5.72. The molecule has 0 radical (unpaired) electrons. The maximum Gasteiger partial charge on any atom is 0.309 e. The predicted molar refractivity (Wildman–Crippen MR) is 133 cm³/mol. The van der Waals surface area contributed by atoms with Crippen molar-refractivity contribution >= 4 is 28.5 Å². The van der Waals surface area contributed by atoms with Crippen molar-refractivity contribution in [2.45, 2.75) is 31.9 Å². The van der Waals surface area contributed by atoms with Crippen molar-refractivity contribution in [1.82, 2.24) is 14.9 Å². The van der Waals surface area contributed by atoms with Crippen LogP contribution in [0.5, 0.6) is 5.75 Å². The van der Waals surface area contributed by atoms with Crippen molar-refractivity contribution in [2.75, 3.05) is 26.7 Å². The lowest BCUT2D eigenvalue weighted by atomic mass is 9.74. The van der Waals surface area contributed by atoms with Crippen LogP contribution in [0.3, 0.4) is 0 Å². The van der Waals surface area contributed by atoms with E-state index in [4.69, 9.17) is 16.3 Å². The van der Waals surface area contributed by atoms with E-state index in [0.717, 1.165) is 5.56 Å². The van der Waals surface area contributed by atoms with Gasteiger partial charge in [-0.3, -0.25) is 19.7 Å². The van der Waals surface area contributed by atoms with E-state index in [-0.39, 0.29) is 17.9 Å². The average Bonchev–Trinajstić information content (AvgIpc) is 2.88. The summed E-state index contributed by atoms with van der Waals surface area (Å²) in [7, 11) is 1.54. The number of carboxylic acid groups (broad SMARTS) is 1. The number of nitrogens with zero attached hydrogens (tertiary/aromatic N) is 3. The molecule has 1 N–H and O–H groups in total. The van der Waals surface area contributed by atoms with Crippen LogP contribution in [0.2, 0.25) is 5.02 Å². The fraction of sp³-hybridized carbons (Fsp3) is 0.370. The molecule has 1 saturated heterocycles. The van der Waals surface area contributed by atoms with E-state index in [9.17, 15) is 9.90 Å². The van der Waals surface area contributed by atoms with Crippen LogP contribution < -0.4 is 4.74 Å². The second-order valence-electron chi connectivity index (χ2n) is 8.81. The normalized spacial score (nSPS) is 16.3. The minimum Gasteiger partial charge on any atom is -0.497 e. The van der Waals surface area contributed by atoms with Gasteiger partial charge >= 0.3 is 5.97 Å². The Bertz CT molecular complexity index is 1250. The Hall–Kier alpha value is -3.21. The number of alkyl halides is 1. The lowest BCUT2D eigenvalue weighted by molar-refractivity contribution is -0.152. The molecule has 182 valence electrons. The number of fused-ring (bicyclic) bond motifs is 1. The summed E-state index contributed by atoms with van der Waals surface area (Å²) in [5, 5.41) is 10.9. The van der Waals surface area contributed by atoms with Crippen LogP contribution in [0.1, 0.15) is 43.0 Å².